The van der Waals surface area contributed by atoms with Gasteiger partial charge in [-0.25, -0.2) is 4.98 Å². The number of thiazole rings is 1. The molecule has 2 nitrogen and oxygen atoms in total. The van der Waals surface area contributed by atoms with E-state index < -0.39 is 21.8 Å². The molecule has 26 heavy (non-hydrogen) atoms. The number of halogens is 12. The van der Waals surface area contributed by atoms with Crippen molar-refractivity contribution in [1.82, 2.24) is 9.88 Å². The lowest BCUT2D eigenvalue weighted by Gasteiger charge is -2.20. The summed E-state index contributed by atoms with van der Waals surface area (Å²) in [6.07, 6.45) is 1.14. The molecule has 0 radical (unpaired) electrons. The van der Waals surface area contributed by atoms with Crippen LogP contribution in [-0.2, 0) is 13.0 Å². The molecule has 0 aliphatic carbocycles. The number of hydrogen-bond acceptors (Lipinski definition) is 3. The van der Waals surface area contributed by atoms with Gasteiger partial charge < -0.3 is 56.7 Å². The molecule has 0 bridgehead atoms. The predicted molar refractivity (Wildman–Crippen MR) is 77.4 cm³/mol. The summed E-state index contributed by atoms with van der Waals surface area (Å²) in [4.78, 5) is 8.29. The largest absolute Gasteiger partial charge is 0.673 e. The van der Waals surface area contributed by atoms with Crippen molar-refractivity contribution in [3.63, 3.8) is 0 Å². The first kappa shape index (κ1) is 27.2. The number of rotatable bonds is 0. The maximum absolute atomic E-state index is 9.75. The molecular formula is C8H12B3F12N2S-3. The smallest absolute Gasteiger partial charge is 0.418 e. The van der Waals surface area contributed by atoms with E-state index in [1.807, 2.05) is 11.3 Å². The Kier molecular flexibility index (Phi) is 11.4. The summed E-state index contributed by atoms with van der Waals surface area (Å²) in [6, 6.07) is 0. The van der Waals surface area contributed by atoms with Gasteiger partial charge in [-0.1, -0.05) is 0 Å². The molecule has 1 aliphatic heterocycles. The number of fused-ring (bicyclic) bond motifs is 1. The number of aromatic nitrogens is 1. The van der Waals surface area contributed by atoms with Gasteiger partial charge >= 0.3 is 21.8 Å². The topological polar surface area (TPSA) is 16.1 Å². The molecule has 1 aliphatic rings. The fourth-order valence-electron chi connectivity index (χ4n) is 1.45. The van der Waals surface area contributed by atoms with Gasteiger partial charge in [0.2, 0.25) is 0 Å². The maximum Gasteiger partial charge on any atom is 0.673 e. The van der Waals surface area contributed by atoms with E-state index in [0.29, 0.717) is 0 Å². The minimum absolute atomic E-state index is 1.10. The molecule has 156 valence electrons. The summed E-state index contributed by atoms with van der Waals surface area (Å²) in [7, 11) is -15.8. The van der Waals surface area contributed by atoms with Crippen molar-refractivity contribution in [2.45, 2.75) is 19.9 Å². The van der Waals surface area contributed by atoms with Crippen molar-refractivity contribution in [2.75, 3.05) is 13.6 Å². The minimum atomic E-state index is -6.00. The first-order chi connectivity index (χ1) is 11.3. The molecule has 2 rings (SSSR count). The van der Waals surface area contributed by atoms with E-state index in [4.69, 9.17) is 0 Å². The second kappa shape index (κ2) is 10.9. The van der Waals surface area contributed by atoms with Crippen molar-refractivity contribution in [1.29, 1.82) is 0 Å². The molecule has 0 atom stereocenters. The normalized spacial score (nSPS) is 14.7. The second-order valence-corrected chi connectivity index (χ2v) is 5.86. The highest BCUT2D eigenvalue weighted by atomic mass is 32.1. The lowest BCUT2D eigenvalue weighted by Crippen LogP contribution is -2.25. The molecular weight excluding hydrogens is 417 g/mol. The van der Waals surface area contributed by atoms with Crippen molar-refractivity contribution in [2.24, 2.45) is 0 Å². The van der Waals surface area contributed by atoms with Crippen molar-refractivity contribution >= 4 is 33.1 Å². The van der Waals surface area contributed by atoms with Crippen LogP contribution in [0.1, 0.15) is 15.6 Å². The third-order valence-electron chi connectivity index (χ3n) is 2.03. The Hall–Kier alpha value is -1.06. The Balaban J connectivity index is 0. The number of aryl methyl sites for hydroxylation is 1. The summed E-state index contributed by atoms with van der Waals surface area (Å²) in [5.41, 5.74) is 1.34. The summed E-state index contributed by atoms with van der Waals surface area (Å²) >= 11 is 1.84. The quantitative estimate of drug-likeness (QED) is 0.410. The average molecular weight is 429 g/mol. The fraction of sp³-hybridized carbons (Fsp3) is 0.625. The van der Waals surface area contributed by atoms with Crippen LogP contribution in [0.15, 0.2) is 0 Å². The van der Waals surface area contributed by atoms with Crippen LogP contribution in [-0.4, -0.2) is 45.2 Å². The number of hydrogen-bond donors (Lipinski definition) is 0. The highest BCUT2D eigenvalue weighted by Crippen LogP contribution is 2.23. The maximum atomic E-state index is 9.75. The molecule has 0 unspecified atom stereocenters. The van der Waals surface area contributed by atoms with E-state index in [2.05, 4.69) is 23.9 Å². The minimum Gasteiger partial charge on any atom is -0.418 e. The van der Waals surface area contributed by atoms with E-state index >= 15 is 0 Å². The van der Waals surface area contributed by atoms with Crippen LogP contribution in [0.4, 0.5) is 51.8 Å². The standard InChI is InChI=1S/C8H12N2S.3BF4/c1-6-9-7-3-4-10(2)5-8(7)11-6;3*2-1(3,4)5/h3-5H2,1-2H3;;;/q;3*-1. The Labute approximate surface area is 144 Å². The van der Waals surface area contributed by atoms with Crippen LogP contribution in [0.5, 0.6) is 0 Å². The van der Waals surface area contributed by atoms with Crippen molar-refractivity contribution in [3.8, 4) is 0 Å². The zero-order valence-electron chi connectivity index (χ0n) is 13.2. The second-order valence-electron chi connectivity index (χ2n) is 4.58. The molecule has 0 saturated heterocycles. The van der Waals surface area contributed by atoms with Crippen LogP contribution in [0, 0.1) is 6.92 Å². The zero-order valence-corrected chi connectivity index (χ0v) is 14.0. The van der Waals surface area contributed by atoms with Gasteiger partial charge in [-0.3, -0.25) is 0 Å². The van der Waals surface area contributed by atoms with Crippen LogP contribution in [0.2, 0.25) is 0 Å². The zero-order chi connectivity index (χ0) is 21.3. The molecule has 0 aromatic carbocycles. The van der Waals surface area contributed by atoms with E-state index in [1.165, 1.54) is 15.6 Å². The molecule has 18 heteroatoms. The first-order valence-electron chi connectivity index (χ1n) is 6.51. The Morgan fingerprint density at radius 3 is 1.50 bits per heavy atom. The molecule has 0 amide bonds. The molecule has 0 spiro atoms. The summed E-state index contributed by atoms with van der Waals surface area (Å²) in [5.74, 6) is 0. The molecule has 1 aromatic rings. The van der Waals surface area contributed by atoms with Gasteiger partial charge in [0.05, 0.1) is 10.7 Å². The van der Waals surface area contributed by atoms with Gasteiger partial charge in [0.15, 0.2) is 0 Å². The van der Waals surface area contributed by atoms with Crippen LogP contribution in [0.3, 0.4) is 0 Å². The van der Waals surface area contributed by atoms with Crippen LogP contribution in [0.25, 0.3) is 0 Å². The Morgan fingerprint density at radius 2 is 1.15 bits per heavy atom. The number of nitrogens with zero attached hydrogens (tertiary/aromatic N) is 2. The molecule has 2 heterocycles. The van der Waals surface area contributed by atoms with E-state index in [0.717, 1.165) is 19.5 Å². The van der Waals surface area contributed by atoms with Crippen LogP contribution < -0.4 is 0 Å². The number of likely N-dealkylation sites (N-methyl/N-ethyl adjacent to an activating group) is 1. The predicted octanol–water partition coefficient (Wildman–Crippen LogP) is 5.34. The van der Waals surface area contributed by atoms with Gasteiger partial charge in [-0.2, -0.15) is 0 Å². The van der Waals surface area contributed by atoms with E-state index in [9.17, 15) is 51.8 Å². The Bertz CT molecular complexity index is 468. The highest BCUT2D eigenvalue weighted by Gasteiger charge is 2.21. The molecule has 0 fully saturated rings. The van der Waals surface area contributed by atoms with E-state index in [-0.39, 0.29) is 0 Å². The average Bonchev–Trinajstić information content (AvgIpc) is 2.61. The van der Waals surface area contributed by atoms with Gasteiger partial charge in [0.25, 0.3) is 0 Å². The summed E-state index contributed by atoms with van der Waals surface area (Å²) < 4.78 is 117. The third-order valence-corrected chi connectivity index (χ3v) is 3.03. The highest BCUT2D eigenvalue weighted by molar-refractivity contribution is 7.11. The van der Waals surface area contributed by atoms with Crippen molar-refractivity contribution < 1.29 is 51.8 Å². The van der Waals surface area contributed by atoms with Gasteiger partial charge in [0, 0.05) is 24.4 Å². The van der Waals surface area contributed by atoms with Gasteiger partial charge in [0.1, 0.15) is 0 Å². The van der Waals surface area contributed by atoms with Gasteiger partial charge in [-0.05, 0) is 14.0 Å². The summed E-state index contributed by atoms with van der Waals surface area (Å²) in [6.45, 7) is 4.35. The van der Waals surface area contributed by atoms with Crippen LogP contribution >= 0.6 is 11.3 Å². The monoisotopic (exact) mass is 429 g/mol. The lowest BCUT2D eigenvalue weighted by molar-refractivity contribution is 0.314. The molecule has 1 aromatic heterocycles. The Morgan fingerprint density at radius 1 is 0.808 bits per heavy atom. The van der Waals surface area contributed by atoms with E-state index in [1.54, 1.807) is 0 Å². The van der Waals surface area contributed by atoms with Crippen molar-refractivity contribution in [3.05, 3.63) is 15.6 Å². The van der Waals surface area contributed by atoms with Gasteiger partial charge in [-0.15, -0.1) is 11.3 Å². The molecule has 0 saturated carbocycles. The lowest BCUT2D eigenvalue weighted by atomic mass is 10.2. The summed E-state index contributed by atoms with van der Waals surface area (Å²) in [5, 5.41) is 1.21. The SMILES string of the molecule is Cc1nc2c(s1)CN(C)CC2.F[B-](F)(F)F.F[B-](F)(F)F.F[B-](F)(F)F. The fourth-order valence-corrected chi connectivity index (χ4v) is 2.52. The first-order valence-corrected chi connectivity index (χ1v) is 7.33. The third kappa shape index (κ3) is 27.8. The molecule has 0 N–H and O–H groups in total.